The van der Waals surface area contributed by atoms with Gasteiger partial charge in [-0.25, -0.2) is 4.79 Å². The molecule has 1 unspecified atom stereocenters. The number of nitrogens with one attached hydrogen (secondary N) is 2. The number of aryl methyl sites for hydroxylation is 1. The molecule has 0 saturated carbocycles. The highest BCUT2D eigenvalue weighted by molar-refractivity contribution is 5.98. The standard InChI is InChI=1S/C20H23N3O2/c1-15(23-13-7-11-17-10-5-6-12-18(17)23)19(24)22-20(25)21-14-16-8-3-2-4-9-16/h2-6,8-10,12,15H,7,11,13-14H2,1H3,(H2,21,22,24,25). The number of fused-ring (bicyclic) bond motifs is 1. The van der Waals surface area contributed by atoms with Gasteiger partial charge in [-0.2, -0.15) is 0 Å². The summed E-state index contributed by atoms with van der Waals surface area (Å²) in [5, 5.41) is 5.16. The SMILES string of the molecule is CC(C(=O)NC(=O)NCc1ccccc1)N1CCCc2ccccc21. The number of benzene rings is 2. The van der Waals surface area contributed by atoms with Crippen molar-refractivity contribution >= 4 is 17.6 Å². The number of hydrogen-bond donors (Lipinski definition) is 2. The molecule has 0 aliphatic carbocycles. The van der Waals surface area contributed by atoms with E-state index in [1.54, 1.807) is 0 Å². The summed E-state index contributed by atoms with van der Waals surface area (Å²) in [5.74, 6) is -0.290. The van der Waals surface area contributed by atoms with Crippen LogP contribution >= 0.6 is 0 Å². The summed E-state index contributed by atoms with van der Waals surface area (Å²) in [6.07, 6.45) is 2.04. The van der Waals surface area contributed by atoms with Crippen molar-refractivity contribution in [3.8, 4) is 0 Å². The fourth-order valence-corrected chi connectivity index (χ4v) is 3.15. The summed E-state index contributed by atoms with van der Waals surface area (Å²) in [4.78, 5) is 26.5. The van der Waals surface area contributed by atoms with Gasteiger partial charge in [0.25, 0.3) is 0 Å². The molecule has 1 atom stereocenters. The third-order valence-corrected chi connectivity index (χ3v) is 4.53. The minimum Gasteiger partial charge on any atom is -0.360 e. The van der Waals surface area contributed by atoms with E-state index in [1.165, 1.54) is 5.56 Å². The molecule has 1 aliphatic rings. The highest BCUT2D eigenvalue weighted by atomic mass is 16.2. The second-order valence-electron chi connectivity index (χ2n) is 6.26. The summed E-state index contributed by atoms with van der Waals surface area (Å²) in [5.41, 5.74) is 3.33. The van der Waals surface area contributed by atoms with Crippen molar-refractivity contribution in [2.75, 3.05) is 11.4 Å². The van der Waals surface area contributed by atoms with Crippen molar-refractivity contribution in [2.45, 2.75) is 32.4 Å². The third-order valence-electron chi connectivity index (χ3n) is 4.53. The number of carbonyl (C=O) groups excluding carboxylic acids is 2. The van der Waals surface area contributed by atoms with Crippen LogP contribution < -0.4 is 15.5 Å². The normalized spacial score (nSPS) is 14.4. The molecule has 3 rings (SSSR count). The molecule has 0 spiro atoms. The van der Waals surface area contributed by atoms with E-state index in [0.29, 0.717) is 6.54 Å². The maximum Gasteiger partial charge on any atom is 0.321 e. The van der Waals surface area contributed by atoms with Gasteiger partial charge in [0, 0.05) is 18.8 Å². The van der Waals surface area contributed by atoms with Crippen LogP contribution in [0.15, 0.2) is 54.6 Å². The van der Waals surface area contributed by atoms with Gasteiger partial charge in [-0.05, 0) is 37.0 Å². The van der Waals surface area contributed by atoms with Crippen molar-refractivity contribution in [1.82, 2.24) is 10.6 Å². The maximum atomic E-state index is 12.5. The molecule has 0 bridgehead atoms. The average molecular weight is 337 g/mol. The predicted molar refractivity (Wildman–Crippen MR) is 98.4 cm³/mol. The molecular formula is C20H23N3O2. The molecule has 5 nitrogen and oxygen atoms in total. The second kappa shape index (κ2) is 7.83. The zero-order valence-electron chi connectivity index (χ0n) is 14.4. The Morgan fingerprint density at radius 3 is 2.60 bits per heavy atom. The molecule has 1 aliphatic heterocycles. The Morgan fingerprint density at radius 2 is 1.80 bits per heavy atom. The van der Waals surface area contributed by atoms with Gasteiger partial charge in [0.15, 0.2) is 0 Å². The van der Waals surface area contributed by atoms with Crippen LogP contribution in [0, 0.1) is 0 Å². The quantitative estimate of drug-likeness (QED) is 0.902. The predicted octanol–water partition coefficient (Wildman–Crippen LogP) is 2.85. The van der Waals surface area contributed by atoms with Gasteiger partial charge < -0.3 is 10.2 Å². The van der Waals surface area contributed by atoms with E-state index in [2.05, 4.69) is 21.6 Å². The molecule has 0 saturated heterocycles. The molecule has 2 N–H and O–H groups in total. The monoisotopic (exact) mass is 337 g/mol. The van der Waals surface area contributed by atoms with Crippen molar-refractivity contribution in [3.05, 3.63) is 65.7 Å². The first-order valence-corrected chi connectivity index (χ1v) is 8.62. The molecule has 0 aromatic heterocycles. The molecule has 2 aromatic carbocycles. The molecule has 5 heteroatoms. The summed E-state index contributed by atoms with van der Waals surface area (Å²) in [6.45, 7) is 3.04. The lowest BCUT2D eigenvalue weighted by Crippen LogP contribution is -2.50. The van der Waals surface area contributed by atoms with E-state index < -0.39 is 12.1 Å². The van der Waals surface area contributed by atoms with Gasteiger partial charge in [-0.15, -0.1) is 0 Å². The number of urea groups is 1. The minimum absolute atomic E-state index is 0.290. The van der Waals surface area contributed by atoms with Crippen molar-refractivity contribution < 1.29 is 9.59 Å². The lowest BCUT2D eigenvalue weighted by Gasteiger charge is -2.35. The molecule has 0 fully saturated rings. The van der Waals surface area contributed by atoms with Crippen molar-refractivity contribution in [3.63, 3.8) is 0 Å². The van der Waals surface area contributed by atoms with E-state index in [1.807, 2.05) is 55.5 Å². The molecular weight excluding hydrogens is 314 g/mol. The molecule has 2 aromatic rings. The fourth-order valence-electron chi connectivity index (χ4n) is 3.15. The Labute approximate surface area is 148 Å². The lowest BCUT2D eigenvalue weighted by molar-refractivity contribution is -0.121. The number of nitrogens with zero attached hydrogens (tertiary/aromatic N) is 1. The van der Waals surface area contributed by atoms with E-state index in [-0.39, 0.29) is 5.91 Å². The average Bonchev–Trinajstić information content (AvgIpc) is 2.66. The first-order valence-electron chi connectivity index (χ1n) is 8.62. The summed E-state index contributed by atoms with van der Waals surface area (Å²) < 4.78 is 0. The van der Waals surface area contributed by atoms with Gasteiger partial charge in [0.1, 0.15) is 6.04 Å². The molecule has 25 heavy (non-hydrogen) atoms. The number of hydrogen-bond acceptors (Lipinski definition) is 3. The van der Waals surface area contributed by atoms with E-state index in [0.717, 1.165) is 30.6 Å². The zero-order valence-corrected chi connectivity index (χ0v) is 14.4. The number of rotatable bonds is 4. The number of amides is 3. The highest BCUT2D eigenvalue weighted by Crippen LogP contribution is 2.28. The van der Waals surface area contributed by atoms with E-state index in [9.17, 15) is 9.59 Å². The van der Waals surface area contributed by atoms with Crippen molar-refractivity contribution in [2.24, 2.45) is 0 Å². The van der Waals surface area contributed by atoms with E-state index in [4.69, 9.17) is 0 Å². The summed E-state index contributed by atoms with van der Waals surface area (Å²) >= 11 is 0. The van der Waals surface area contributed by atoms with Crippen LogP contribution in [-0.4, -0.2) is 24.5 Å². The van der Waals surface area contributed by atoms with Crippen LogP contribution in [0.4, 0.5) is 10.5 Å². The molecule has 130 valence electrons. The van der Waals surface area contributed by atoms with Gasteiger partial charge in [0.2, 0.25) is 5.91 Å². The van der Waals surface area contributed by atoms with Crippen LogP contribution in [0.2, 0.25) is 0 Å². The fraction of sp³-hybridized carbons (Fsp3) is 0.300. The van der Waals surface area contributed by atoms with Crippen LogP contribution in [0.25, 0.3) is 0 Å². The topological polar surface area (TPSA) is 61.4 Å². The number of imide groups is 1. The number of para-hydroxylation sites is 1. The number of carbonyl (C=O) groups is 2. The molecule has 3 amide bonds. The Kier molecular flexibility index (Phi) is 5.33. The largest absolute Gasteiger partial charge is 0.360 e. The molecule has 0 radical (unpaired) electrons. The number of anilines is 1. The van der Waals surface area contributed by atoms with Gasteiger partial charge >= 0.3 is 6.03 Å². The first kappa shape index (κ1) is 17.0. The maximum absolute atomic E-state index is 12.5. The Hall–Kier alpha value is -2.82. The van der Waals surface area contributed by atoms with Crippen molar-refractivity contribution in [1.29, 1.82) is 0 Å². The Balaban J connectivity index is 1.57. The van der Waals surface area contributed by atoms with E-state index >= 15 is 0 Å². The lowest BCUT2D eigenvalue weighted by atomic mass is 10.00. The zero-order chi connectivity index (χ0) is 17.6. The van der Waals surface area contributed by atoms with Gasteiger partial charge in [0.05, 0.1) is 0 Å². The third kappa shape index (κ3) is 4.18. The summed E-state index contributed by atoms with van der Waals surface area (Å²) in [7, 11) is 0. The van der Waals surface area contributed by atoms with Gasteiger partial charge in [-0.1, -0.05) is 48.5 Å². The van der Waals surface area contributed by atoms with Crippen LogP contribution in [0.1, 0.15) is 24.5 Å². The van der Waals surface area contributed by atoms with Crippen LogP contribution in [0.5, 0.6) is 0 Å². The Bertz CT molecular complexity index is 746. The highest BCUT2D eigenvalue weighted by Gasteiger charge is 2.26. The van der Waals surface area contributed by atoms with Gasteiger partial charge in [-0.3, -0.25) is 10.1 Å². The van der Waals surface area contributed by atoms with Crippen LogP contribution in [0.3, 0.4) is 0 Å². The van der Waals surface area contributed by atoms with Crippen LogP contribution in [-0.2, 0) is 17.8 Å². The summed E-state index contributed by atoms with van der Waals surface area (Å²) in [6, 6.07) is 16.9. The smallest absolute Gasteiger partial charge is 0.321 e. The Morgan fingerprint density at radius 1 is 1.08 bits per heavy atom. The second-order valence-corrected chi connectivity index (χ2v) is 6.26. The minimum atomic E-state index is -0.467. The first-order chi connectivity index (χ1) is 12.1. The molecule has 1 heterocycles.